The number of rotatable bonds is 2. The smallest absolute Gasteiger partial charge is 0.332 e. The first-order valence-corrected chi connectivity index (χ1v) is 7.98. The van der Waals surface area contributed by atoms with Crippen LogP contribution >= 0.6 is 0 Å². The van der Waals surface area contributed by atoms with E-state index in [-0.39, 0.29) is 23.3 Å². The highest BCUT2D eigenvalue weighted by atomic mass is 16.2. The molecule has 2 unspecified atom stereocenters. The van der Waals surface area contributed by atoms with Crippen molar-refractivity contribution >= 4 is 16.9 Å². The Morgan fingerprint density at radius 2 is 2.04 bits per heavy atom. The number of hydrogen-bond acceptors (Lipinski definition) is 5. The highest BCUT2D eigenvalue weighted by molar-refractivity contribution is 5.94. The molecule has 1 aliphatic rings. The molecule has 3 heterocycles. The van der Waals surface area contributed by atoms with Gasteiger partial charge in [-0.15, -0.1) is 0 Å². The Balaban J connectivity index is 1.97. The van der Waals surface area contributed by atoms with Gasteiger partial charge in [0.15, 0.2) is 0 Å². The van der Waals surface area contributed by atoms with Crippen LogP contribution in [-0.4, -0.2) is 39.2 Å². The maximum atomic E-state index is 12.5. The van der Waals surface area contributed by atoms with Crippen LogP contribution in [0.15, 0.2) is 21.7 Å². The minimum absolute atomic E-state index is 0.0382. The summed E-state index contributed by atoms with van der Waals surface area (Å²) < 4.78 is 2.30. The number of piperidine rings is 1. The van der Waals surface area contributed by atoms with Crippen LogP contribution in [0.2, 0.25) is 0 Å². The van der Waals surface area contributed by atoms with Gasteiger partial charge < -0.3 is 10.6 Å². The van der Waals surface area contributed by atoms with Crippen molar-refractivity contribution in [3.05, 3.63) is 38.7 Å². The van der Waals surface area contributed by atoms with Gasteiger partial charge in [-0.3, -0.25) is 18.7 Å². The number of nitrogens with one attached hydrogen (secondary N) is 2. The number of aromatic nitrogens is 3. The van der Waals surface area contributed by atoms with Crippen molar-refractivity contribution in [3.8, 4) is 0 Å². The molecule has 8 nitrogen and oxygen atoms in total. The summed E-state index contributed by atoms with van der Waals surface area (Å²) in [6.07, 6.45) is 1.00. The SMILES string of the molecule is CC1CCNCC1NC(=O)c1ccc2c(=O)n(C)c(=O)n(C)c2n1. The van der Waals surface area contributed by atoms with Gasteiger partial charge >= 0.3 is 5.69 Å². The lowest BCUT2D eigenvalue weighted by Crippen LogP contribution is -2.50. The van der Waals surface area contributed by atoms with E-state index in [0.29, 0.717) is 11.3 Å². The van der Waals surface area contributed by atoms with Crippen LogP contribution in [0.1, 0.15) is 23.8 Å². The van der Waals surface area contributed by atoms with E-state index in [1.54, 1.807) is 6.07 Å². The van der Waals surface area contributed by atoms with Crippen molar-refractivity contribution in [3.63, 3.8) is 0 Å². The van der Waals surface area contributed by atoms with Crippen LogP contribution in [0.5, 0.6) is 0 Å². The predicted molar refractivity (Wildman–Crippen MR) is 90.1 cm³/mol. The number of fused-ring (bicyclic) bond motifs is 1. The molecule has 0 aromatic carbocycles. The highest BCUT2D eigenvalue weighted by Crippen LogP contribution is 2.12. The van der Waals surface area contributed by atoms with E-state index in [4.69, 9.17) is 0 Å². The molecule has 2 aromatic heterocycles. The molecule has 0 saturated carbocycles. The average Bonchev–Trinajstić information content (AvgIpc) is 2.59. The molecule has 1 fully saturated rings. The molecule has 0 spiro atoms. The Morgan fingerprint density at radius 3 is 2.75 bits per heavy atom. The molecule has 0 aliphatic carbocycles. The fraction of sp³-hybridized carbons (Fsp3) is 0.500. The monoisotopic (exact) mass is 331 g/mol. The summed E-state index contributed by atoms with van der Waals surface area (Å²) in [6.45, 7) is 3.78. The summed E-state index contributed by atoms with van der Waals surface area (Å²) in [6, 6.07) is 3.10. The van der Waals surface area contributed by atoms with Crippen molar-refractivity contribution in [1.29, 1.82) is 0 Å². The van der Waals surface area contributed by atoms with Gasteiger partial charge in [0.2, 0.25) is 0 Å². The van der Waals surface area contributed by atoms with Crippen LogP contribution in [0.4, 0.5) is 0 Å². The van der Waals surface area contributed by atoms with E-state index in [9.17, 15) is 14.4 Å². The first kappa shape index (κ1) is 16.4. The zero-order chi connectivity index (χ0) is 17.4. The maximum Gasteiger partial charge on any atom is 0.332 e. The highest BCUT2D eigenvalue weighted by Gasteiger charge is 2.24. The van der Waals surface area contributed by atoms with Crippen molar-refractivity contribution in [1.82, 2.24) is 24.8 Å². The molecule has 0 bridgehead atoms. The van der Waals surface area contributed by atoms with E-state index in [2.05, 4.69) is 22.5 Å². The number of carbonyl (C=O) groups excluding carboxylic acids is 1. The van der Waals surface area contributed by atoms with Crippen molar-refractivity contribution in [2.45, 2.75) is 19.4 Å². The van der Waals surface area contributed by atoms with Crippen LogP contribution in [-0.2, 0) is 14.1 Å². The van der Waals surface area contributed by atoms with Crippen LogP contribution in [0, 0.1) is 5.92 Å². The van der Waals surface area contributed by atoms with Gasteiger partial charge in [-0.1, -0.05) is 6.92 Å². The molecule has 0 radical (unpaired) electrons. The van der Waals surface area contributed by atoms with Gasteiger partial charge in [-0.2, -0.15) is 0 Å². The second kappa shape index (κ2) is 6.20. The molecule has 128 valence electrons. The van der Waals surface area contributed by atoms with Gasteiger partial charge in [0.1, 0.15) is 11.3 Å². The molecule has 2 N–H and O–H groups in total. The Hall–Kier alpha value is -2.48. The molecule has 1 aliphatic heterocycles. The minimum Gasteiger partial charge on any atom is -0.346 e. The van der Waals surface area contributed by atoms with Gasteiger partial charge in [0, 0.05) is 26.7 Å². The predicted octanol–water partition coefficient (Wildman–Crippen LogP) is -0.640. The van der Waals surface area contributed by atoms with Gasteiger partial charge in [-0.05, 0) is 31.0 Å². The lowest BCUT2D eigenvalue weighted by Gasteiger charge is -2.30. The summed E-state index contributed by atoms with van der Waals surface area (Å²) in [7, 11) is 2.95. The molecule has 3 rings (SSSR count). The van der Waals surface area contributed by atoms with E-state index in [0.717, 1.165) is 24.1 Å². The molecular formula is C16H21N5O3. The second-order valence-electron chi connectivity index (χ2n) is 6.32. The zero-order valence-electron chi connectivity index (χ0n) is 14.0. The number of pyridine rings is 1. The van der Waals surface area contributed by atoms with E-state index in [1.807, 2.05) is 0 Å². The summed E-state index contributed by atoms with van der Waals surface area (Å²) in [5.74, 6) is 0.0814. The lowest BCUT2D eigenvalue weighted by atomic mass is 9.95. The molecule has 24 heavy (non-hydrogen) atoms. The first-order chi connectivity index (χ1) is 11.4. The summed E-state index contributed by atoms with van der Waals surface area (Å²) >= 11 is 0. The van der Waals surface area contributed by atoms with Crippen molar-refractivity contribution in [2.24, 2.45) is 20.0 Å². The number of aryl methyl sites for hydroxylation is 1. The molecule has 1 amide bonds. The van der Waals surface area contributed by atoms with E-state index in [1.165, 1.54) is 24.7 Å². The number of carbonyl (C=O) groups is 1. The molecule has 1 saturated heterocycles. The quantitative estimate of drug-likeness (QED) is 0.763. The second-order valence-corrected chi connectivity index (χ2v) is 6.32. The van der Waals surface area contributed by atoms with Gasteiger partial charge in [0.05, 0.1) is 5.39 Å². The Bertz CT molecular complexity index is 914. The molecule has 2 aromatic rings. The summed E-state index contributed by atoms with van der Waals surface area (Å²) in [5.41, 5.74) is -0.477. The first-order valence-electron chi connectivity index (χ1n) is 7.98. The van der Waals surface area contributed by atoms with Gasteiger partial charge in [-0.25, -0.2) is 9.78 Å². The molecule has 2 atom stereocenters. The molecular weight excluding hydrogens is 310 g/mol. The fourth-order valence-electron chi connectivity index (χ4n) is 3.01. The Labute approximate surface area is 138 Å². The summed E-state index contributed by atoms with van der Waals surface area (Å²) in [4.78, 5) is 40.9. The lowest BCUT2D eigenvalue weighted by molar-refractivity contribution is 0.0910. The van der Waals surface area contributed by atoms with Crippen molar-refractivity contribution in [2.75, 3.05) is 13.1 Å². The normalized spacial score (nSPS) is 21.0. The van der Waals surface area contributed by atoms with Crippen LogP contribution in [0.25, 0.3) is 11.0 Å². The standard InChI is InChI=1S/C16H21N5O3/c1-9-6-7-17-8-12(9)19-14(22)11-5-4-10-13(18-11)20(2)16(24)21(3)15(10)23/h4-5,9,12,17H,6-8H2,1-3H3,(H,19,22). The zero-order valence-corrected chi connectivity index (χ0v) is 14.0. The number of nitrogens with zero attached hydrogens (tertiary/aromatic N) is 3. The topological polar surface area (TPSA) is 98.0 Å². The fourth-order valence-corrected chi connectivity index (χ4v) is 3.01. The maximum absolute atomic E-state index is 12.5. The van der Waals surface area contributed by atoms with Gasteiger partial charge in [0.25, 0.3) is 11.5 Å². The van der Waals surface area contributed by atoms with E-state index < -0.39 is 11.2 Å². The third kappa shape index (κ3) is 2.73. The largest absolute Gasteiger partial charge is 0.346 e. The molecule has 8 heteroatoms. The van der Waals surface area contributed by atoms with Crippen LogP contribution in [0.3, 0.4) is 0 Å². The number of hydrogen-bond donors (Lipinski definition) is 2. The van der Waals surface area contributed by atoms with Crippen LogP contribution < -0.4 is 21.9 Å². The summed E-state index contributed by atoms with van der Waals surface area (Å²) in [5, 5.41) is 6.54. The average molecular weight is 331 g/mol. The third-order valence-electron chi connectivity index (χ3n) is 4.68. The number of amides is 1. The Kier molecular flexibility index (Phi) is 4.23. The minimum atomic E-state index is -0.470. The Morgan fingerprint density at radius 1 is 1.29 bits per heavy atom. The van der Waals surface area contributed by atoms with Crippen molar-refractivity contribution < 1.29 is 4.79 Å². The van der Waals surface area contributed by atoms with E-state index >= 15 is 0 Å². The third-order valence-corrected chi connectivity index (χ3v) is 4.68.